The van der Waals surface area contributed by atoms with Crippen LogP contribution in [-0.4, -0.2) is 13.4 Å². The summed E-state index contributed by atoms with van der Waals surface area (Å²) >= 11 is 1.40. The van der Waals surface area contributed by atoms with Crippen molar-refractivity contribution in [2.45, 2.75) is 14.8 Å². The van der Waals surface area contributed by atoms with Crippen molar-refractivity contribution in [3.63, 3.8) is 0 Å². The summed E-state index contributed by atoms with van der Waals surface area (Å²) in [6, 6.07) is 14.5. The summed E-state index contributed by atoms with van der Waals surface area (Å²) < 4.78 is 22.9. The molecule has 0 spiro atoms. The molecular formula is C14H13N3O2S2. The predicted octanol–water partition coefficient (Wildman–Crippen LogP) is 2.55. The van der Waals surface area contributed by atoms with Crippen molar-refractivity contribution in [2.75, 3.05) is 5.73 Å². The van der Waals surface area contributed by atoms with Crippen LogP contribution in [0.1, 0.15) is 0 Å². The van der Waals surface area contributed by atoms with Gasteiger partial charge in [0, 0.05) is 21.5 Å². The van der Waals surface area contributed by atoms with Crippen molar-refractivity contribution in [2.24, 2.45) is 5.14 Å². The third-order valence-electron chi connectivity index (χ3n) is 2.96. The summed E-state index contributed by atoms with van der Waals surface area (Å²) in [6.45, 7) is 0. The van der Waals surface area contributed by atoms with Crippen LogP contribution in [0, 0.1) is 0 Å². The molecule has 108 valence electrons. The number of primary sulfonamides is 1. The fourth-order valence-corrected chi connectivity index (χ4v) is 3.69. The van der Waals surface area contributed by atoms with Gasteiger partial charge in [-0.3, -0.25) is 0 Å². The lowest BCUT2D eigenvalue weighted by Gasteiger charge is -2.04. The van der Waals surface area contributed by atoms with Gasteiger partial charge in [-0.25, -0.2) is 13.6 Å². The monoisotopic (exact) mass is 319 g/mol. The van der Waals surface area contributed by atoms with Gasteiger partial charge in [0.1, 0.15) is 0 Å². The molecule has 0 radical (unpaired) electrons. The summed E-state index contributed by atoms with van der Waals surface area (Å²) in [5, 5.41) is 7.15. The van der Waals surface area contributed by atoms with Crippen molar-refractivity contribution in [3.05, 3.63) is 48.5 Å². The molecule has 5 nitrogen and oxygen atoms in total. The zero-order valence-electron chi connectivity index (χ0n) is 10.9. The third kappa shape index (κ3) is 3.05. The Kier molecular flexibility index (Phi) is 3.40. The van der Waals surface area contributed by atoms with E-state index in [1.54, 1.807) is 6.07 Å². The molecule has 3 aromatic rings. The van der Waals surface area contributed by atoms with E-state index in [0.717, 1.165) is 15.9 Å². The van der Waals surface area contributed by atoms with E-state index >= 15 is 0 Å². The van der Waals surface area contributed by atoms with Gasteiger partial charge in [-0.15, -0.1) is 0 Å². The Morgan fingerprint density at radius 3 is 2.52 bits per heavy atom. The molecule has 0 atom stereocenters. The molecule has 0 bridgehead atoms. The number of para-hydroxylation sites is 1. The molecule has 0 amide bonds. The number of aromatic amines is 1. The number of hydrogen-bond donors (Lipinski definition) is 3. The first-order chi connectivity index (χ1) is 9.91. The normalized spacial score (nSPS) is 11.9. The second-order valence-electron chi connectivity index (χ2n) is 4.61. The van der Waals surface area contributed by atoms with Gasteiger partial charge in [0.2, 0.25) is 10.0 Å². The van der Waals surface area contributed by atoms with Crippen molar-refractivity contribution in [3.8, 4) is 0 Å². The van der Waals surface area contributed by atoms with Crippen LogP contribution in [0.4, 0.5) is 5.69 Å². The Morgan fingerprint density at radius 1 is 1.05 bits per heavy atom. The zero-order chi connectivity index (χ0) is 15.0. The average molecular weight is 319 g/mol. The maximum absolute atomic E-state index is 11.4. The standard InChI is InChI=1S/C14H13N3O2S2/c15-10-6-11(8-12(7-10)21(16,18)19)20-14-5-9-3-1-2-4-13(9)17-14/h1-8,17H,15H2,(H2,16,18,19). The van der Waals surface area contributed by atoms with Crippen LogP contribution in [0.15, 0.2) is 63.3 Å². The van der Waals surface area contributed by atoms with Crippen molar-refractivity contribution < 1.29 is 8.42 Å². The van der Waals surface area contributed by atoms with Crippen LogP contribution in [0.5, 0.6) is 0 Å². The van der Waals surface area contributed by atoms with Gasteiger partial charge in [0.05, 0.1) is 9.92 Å². The highest BCUT2D eigenvalue weighted by Gasteiger charge is 2.11. The lowest BCUT2D eigenvalue weighted by molar-refractivity contribution is 0.597. The fourth-order valence-electron chi connectivity index (χ4n) is 2.05. The Morgan fingerprint density at radius 2 is 1.81 bits per heavy atom. The lowest BCUT2D eigenvalue weighted by Crippen LogP contribution is -2.12. The maximum atomic E-state index is 11.4. The summed E-state index contributed by atoms with van der Waals surface area (Å²) in [5.41, 5.74) is 7.13. The van der Waals surface area contributed by atoms with E-state index in [9.17, 15) is 8.42 Å². The van der Waals surface area contributed by atoms with Crippen LogP contribution in [0.2, 0.25) is 0 Å². The first kappa shape index (κ1) is 14.0. The Bertz CT molecular complexity index is 884. The number of nitrogen functional groups attached to an aromatic ring is 1. The molecule has 21 heavy (non-hydrogen) atoms. The quantitative estimate of drug-likeness (QED) is 0.646. The molecule has 1 heterocycles. The number of benzene rings is 2. The van der Waals surface area contributed by atoms with Gasteiger partial charge in [-0.05, 0) is 30.3 Å². The number of rotatable bonds is 3. The fraction of sp³-hybridized carbons (Fsp3) is 0. The smallest absolute Gasteiger partial charge is 0.238 e. The van der Waals surface area contributed by atoms with Crippen molar-refractivity contribution in [1.29, 1.82) is 0 Å². The molecule has 3 rings (SSSR count). The molecular weight excluding hydrogens is 306 g/mol. The Hall–Kier alpha value is -1.96. The second kappa shape index (κ2) is 5.10. The molecule has 0 aliphatic heterocycles. The minimum Gasteiger partial charge on any atom is -0.399 e. The van der Waals surface area contributed by atoms with Gasteiger partial charge >= 0.3 is 0 Å². The largest absolute Gasteiger partial charge is 0.399 e. The highest BCUT2D eigenvalue weighted by atomic mass is 32.2. The van der Waals surface area contributed by atoms with Crippen LogP contribution >= 0.6 is 11.8 Å². The highest BCUT2D eigenvalue weighted by Crippen LogP contribution is 2.32. The first-order valence-corrected chi connectivity index (χ1v) is 8.47. The summed E-state index contributed by atoms with van der Waals surface area (Å²) in [7, 11) is -3.77. The number of H-pyrrole nitrogens is 1. The summed E-state index contributed by atoms with van der Waals surface area (Å²) in [4.78, 5) is 3.99. The number of nitrogens with two attached hydrogens (primary N) is 2. The Balaban J connectivity index is 1.99. The molecule has 1 aromatic heterocycles. The molecule has 5 N–H and O–H groups in total. The van der Waals surface area contributed by atoms with Crippen molar-refractivity contribution in [1.82, 2.24) is 4.98 Å². The van der Waals surface area contributed by atoms with E-state index in [2.05, 4.69) is 4.98 Å². The second-order valence-corrected chi connectivity index (χ2v) is 7.28. The lowest BCUT2D eigenvalue weighted by atomic mass is 10.3. The SMILES string of the molecule is Nc1cc(Sc2cc3ccccc3[nH]2)cc(S(N)(=O)=O)c1. The van der Waals surface area contributed by atoms with E-state index in [1.165, 1.54) is 23.9 Å². The summed E-state index contributed by atoms with van der Waals surface area (Å²) in [5.74, 6) is 0. The van der Waals surface area contributed by atoms with Crippen LogP contribution in [-0.2, 0) is 10.0 Å². The van der Waals surface area contributed by atoms with E-state index in [4.69, 9.17) is 10.9 Å². The molecule has 0 aliphatic carbocycles. The number of anilines is 1. The van der Waals surface area contributed by atoms with E-state index in [1.807, 2.05) is 30.3 Å². The zero-order valence-corrected chi connectivity index (χ0v) is 12.5. The van der Waals surface area contributed by atoms with Gasteiger partial charge in [0.15, 0.2) is 0 Å². The number of nitrogens with one attached hydrogen (secondary N) is 1. The van der Waals surface area contributed by atoms with E-state index < -0.39 is 10.0 Å². The number of fused-ring (bicyclic) bond motifs is 1. The van der Waals surface area contributed by atoms with Crippen molar-refractivity contribution >= 4 is 38.4 Å². The summed E-state index contributed by atoms with van der Waals surface area (Å²) in [6.07, 6.45) is 0. The molecule has 0 saturated carbocycles. The van der Waals surface area contributed by atoms with Crippen LogP contribution in [0.3, 0.4) is 0 Å². The molecule has 2 aromatic carbocycles. The van der Waals surface area contributed by atoms with Crippen LogP contribution < -0.4 is 10.9 Å². The number of hydrogen-bond acceptors (Lipinski definition) is 4. The number of sulfonamides is 1. The third-order valence-corrected chi connectivity index (χ3v) is 4.77. The Labute approximate surface area is 126 Å². The molecule has 0 unspecified atom stereocenters. The molecule has 0 fully saturated rings. The van der Waals surface area contributed by atoms with Gasteiger partial charge in [-0.1, -0.05) is 30.0 Å². The highest BCUT2D eigenvalue weighted by molar-refractivity contribution is 7.99. The number of aromatic nitrogens is 1. The first-order valence-electron chi connectivity index (χ1n) is 6.11. The van der Waals surface area contributed by atoms with Gasteiger partial charge in [-0.2, -0.15) is 0 Å². The minimum atomic E-state index is -3.77. The van der Waals surface area contributed by atoms with E-state index in [-0.39, 0.29) is 4.90 Å². The molecule has 0 saturated heterocycles. The van der Waals surface area contributed by atoms with Crippen LogP contribution in [0.25, 0.3) is 10.9 Å². The molecule has 0 aliphatic rings. The average Bonchev–Trinajstić information content (AvgIpc) is 2.79. The topological polar surface area (TPSA) is 102 Å². The van der Waals surface area contributed by atoms with Gasteiger partial charge < -0.3 is 10.7 Å². The minimum absolute atomic E-state index is 0.0149. The van der Waals surface area contributed by atoms with Gasteiger partial charge in [0.25, 0.3) is 0 Å². The maximum Gasteiger partial charge on any atom is 0.238 e. The predicted molar refractivity (Wildman–Crippen MR) is 84.6 cm³/mol. The van der Waals surface area contributed by atoms with E-state index in [0.29, 0.717) is 10.6 Å². The molecule has 7 heteroatoms.